The quantitative estimate of drug-likeness (QED) is 0.620. The van der Waals surface area contributed by atoms with Crippen molar-refractivity contribution in [3.8, 4) is 0 Å². The van der Waals surface area contributed by atoms with Gasteiger partial charge in [-0.3, -0.25) is 0 Å². The van der Waals surface area contributed by atoms with Gasteiger partial charge >= 0.3 is 6.09 Å². The first kappa shape index (κ1) is 22.4. The Labute approximate surface area is 147 Å². The smallest absolute Gasteiger partial charge is 0.410 e. The van der Waals surface area contributed by atoms with E-state index in [1.54, 1.807) is 11.0 Å². The second-order valence-electron chi connectivity index (χ2n) is 7.41. The molecule has 0 fully saturated rings. The molecule has 1 unspecified atom stereocenters. The molecular weight excluding hydrogens is 302 g/mol. The third-order valence-corrected chi connectivity index (χ3v) is 3.85. The molecule has 0 heterocycles. The van der Waals surface area contributed by atoms with Gasteiger partial charge in [0, 0.05) is 19.7 Å². The molecule has 0 spiro atoms. The zero-order chi connectivity index (χ0) is 18.8. The fourth-order valence-corrected chi connectivity index (χ4v) is 2.27. The van der Waals surface area contributed by atoms with Crippen LogP contribution in [-0.4, -0.2) is 41.4 Å². The van der Waals surface area contributed by atoms with E-state index < -0.39 is 5.60 Å². The number of carbonyl (C=O) groups excluding carboxylic acids is 1. The summed E-state index contributed by atoms with van der Waals surface area (Å²) in [5.74, 6) is 0. The summed E-state index contributed by atoms with van der Waals surface area (Å²) in [6.45, 7) is 16.4. The highest BCUT2D eigenvalue weighted by atomic mass is 16.6. The first-order chi connectivity index (χ1) is 11.1. The molecule has 0 bridgehead atoms. The Morgan fingerprint density at radius 3 is 2.33 bits per heavy atom. The molecule has 0 aliphatic carbocycles. The Morgan fingerprint density at radius 2 is 1.92 bits per heavy atom. The molecule has 0 saturated carbocycles. The number of amides is 1. The van der Waals surface area contributed by atoms with E-state index in [2.05, 4.69) is 6.58 Å². The molecule has 4 nitrogen and oxygen atoms in total. The average Bonchev–Trinajstić information content (AvgIpc) is 2.50. The number of carbonyl (C=O) groups is 1. The monoisotopic (exact) mass is 337 g/mol. The van der Waals surface area contributed by atoms with Gasteiger partial charge in [0.1, 0.15) is 5.60 Å². The number of rotatable bonds is 9. The number of ether oxygens (including phenoxy) is 1. The summed E-state index contributed by atoms with van der Waals surface area (Å²) in [4.78, 5) is 13.9. The van der Waals surface area contributed by atoms with Crippen molar-refractivity contribution in [1.29, 1.82) is 0 Å². The molecule has 0 aromatic heterocycles. The first-order valence-corrected chi connectivity index (χ1v) is 8.64. The van der Waals surface area contributed by atoms with Crippen molar-refractivity contribution < 1.29 is 14.6 Å². The van der Waals surface area contributed by atoms with Crippen LogP contribution < -0.4 is 0 Å². The van der Waals surface area contributed by atoms with E-state index in [9.17, 15) is 9.90 Å². The number of aliphatic hydroxyl groups is 1. The molecule has 1 atom stereocenters. The SMILES string of the molecule is C=C/C=C\C(=C/C)CC(C)(CO)CCN(CC)C(=O)OC(C)(C)C. The second kappa shape index (κ2) is 10.3. The van der Waals surface area contributed by atoms with E-state index in [1.807, 2.05) is 59.8 Å². The number of hydrogen-bond acceptors (Lipinski definition) is 3. The number of nitrogens with zero attached hydrogens (tertiary/aromatic N) is 1. The Hall–Kier alpha value is -1.55. The van der Waals surface area contributed by atoms with E-state index in [1.165, 1.54) is 0 Å². The van der Waals surface area contributed by atoms with Crippen LogP contribution in [0.4, 0.5) is 4.79 Å². The topological polar surface area (TPSA) is 49.8 Å². The zero-order valence-electron chi connectivity index (χ0n) is 16.3. The van der Waals surface area contributed by atoms with Gasteiger partial charge in [-0.25, -0.2) is 4.79 Å². The lowest BCUT2D eigenvalue weighted by Crippen LogP contribution is -2.39. The molecule has 0 aliphatic heterocycles. The van der Waals surface area contributed by atoms with Gasteiger partial charge in [0.05, 0.1) is 0 Å². The Bertz CT molecular complexity index is 460. The van der Waals surface area contributed by atoms with Crippen molar-refractivity contribution in [1.82, 2.24) is 4.90 Å². The molecule has 24 heavy (non-hydrogen) atoms. The molecule has 0 aliphatic rings. The van der Waals surface area contributed by atoms with Crippen LogP contribution in [-0.2, 0) is 4.74 Å². The highest BCUT2D eigenvalue weighted by Gasteiger charge is 2.27. The largest absolute Gasteiger partial charge is 0.444 e. The Kier molecular flexibility index (Phi) is 9.67. The first-order valence-electron chi connectivity index (χ1n) is 8.64. The Balaban J connectivity index is 4.87. The normalized spacial score (nSPS) is 15.2. The molecule has 1 N–H and O–H groups in total. The van der Waals surface area contributed by atoms with E-state index >= 15 is 0 Å². The number of allylic oxidation sites excluding steroid dienone is 5. The fraction of sp³-hybridized carbons (Fsp3) is 0.650. The summed E-state index contributed by atoms with van der Waals surface area (Å²) in [5.41, 5.74) is 0.355. The van der Waals surface area contributed by atoms with Gasteiger partial charge in [0.25, 0.3) is 0 Å². The minimum absolute atomic E-state index is 0.0676. The van der Waals surface area contributed by atoms with Crippen LogP contribution in [0, 0.1) is 5.41 Å². The van der Waals surface area contributed by atoms with Crippen LogP contribution in [0.3, 0.4) is 0 Å². The number of aliphatic hydroxyl groups excluding tert-OH is 1. The third kappa shape index (κ3) is 8.92. The summed E-state index contributed by atoms with van der Waals surface area (Å²) in [6.07, 6.45) is 8.83. The van der Waals surface area contributed by atoms with Crippen molar-refractivity contribution in [2.75, 3.05) is 19.7 Å². The lowest BCUT2D eigenvalue weighted by molar-refractivity contribution is 0.0218. The average molecular weight is 338 g/mol. The Morgan fingerprint density at radius 1 is 1.29 bits per heavy atom. The molecule has 0 aromatic rings. The van der Waals surface area contributed by atoms with Gasteiger partial charge in [-0.1, -0.05) is 43.4 Å². The zero-order valence-corrected chi connectivity index (χ0v) is 16.3. The lowest BCUT2D eigenvalue weighted by Gasteiger charge is -2.32. The molecule has 0 saturated heterocycles. The third-order valence-electron chi connectivity index (χ3n) is 3.85. The van der Waals surface area contributed by atoms with Gasteiger partial charge < -0.3 is 14.7 Å². The summed E-state index contributed by atoms with van der Waals surface area (Å²) in [6, 6.07) is 0. The lowest BCUT2D eigenvalue weighted by atomic mass is 9.80. The van der Waals surface area contributed by atoms with Crippen molar-refractivity contribution >= 4 is 6.09 Å². The number of hydrogen-bond donors (Lipinski definition) is 1. The summed E-state index contributed by atoms with van der Waals surface area (Å²) in [7, 11) is 0. The van der Waals surface area contributed by atoms with Gasteiger partial charge in [-0.2, -0.15) is 0 Å². The second-order valence-corrected chi connectivity index (χ2v) is 7.41. The highest BCUT2D eigenvalue weighted by Crippen LogP contribution is 2.30. The predicted octanol–water partition coefficient (Wildman–Crippen LogP) is 4.71. The van der Waals surface area contributed by atoms with E-state index in [-0.39, 0.29) is 18.1 Å². The van der Waals surface area contributed by atoms with Crippen molar-refractivity contribution in [2.24, 2.45) is 5.41 Å². The van der Waals surface area contributed by atoms with Crippen molar-refractivity contribution in [2.45, 2.75) is 60.0 Å². The van der Waals surface area contributed by atoms with E-state index in [0.29, 0.717) is 19.5 Å². The van der Waals surface area contributed by atoms with Crippen LogP contribution in [0.5, 0.6) is 0 Å². The van der Waals surface area contributed by atoms with Crippen LogP contribution in [0.25, 0.3) is 0 Å². The van der Waals surface area contributed by atoms with Gasteiger partial charge in [-0.05, 0) is 52.9 Å². The van der Waals surface area contributed by atoms with Gasteiger partial charge in [-0.15, -0.1) is 0 Å². The molecule has 0 radical (unpaired) electrons. The maximum absolute atomic E-state index is 12.2. The van der Waals surface area contributed by atoms with E-state index in [0.717, 1.165) is 12.0 Å². The van der Waals surface area contributed by atoms with Crippen LogP contribution in [0.15, 0.2) is 36.5 Å². The minimum Gasteiger partial charge on any atom is -0.444 e. The molecule has 138 valence electrons. The molecule has 0 aromatic carbocycles. The van der Waals surface area contributed by atoms with Crippen molar-refractivity contribution in [3.05, 3.63) is 36.5 Å². The molecular formula is C20H35NO3. The predicted molar refractivity (Wildman–Crippen MR) is 101 cm³/mol. The van der Waals surface area contributed by atoms with Crippen LogP contribution >= 0.6 is 0 Å². The maximum Gasteiger partial charge on any atom is 0.410 e. The van der Waals surface area contributed by atoms with Crippen molar-refractivity contribution in [3.63, 3.8) is 0 Å². The standard InChI is InChI=1S/C20H35NO3/c1-8-11-12-17(9-2)15-20(7,16-22)13-14-21(10-3)18(23)24-19(4,5)6/h8-9,11-12,22H,1,10,13-16H2,2-7H3/b12-11-,17-9+. The molecule has 1 amide bonds. The fourth-order valence-electron chi connectivity index (χ4n) is 2.27. The van der Waals surface area contributed by atoms with Crippen LogP contribution in [0.1, 0.15) is 54.4 Å². The van der Waals surface area contributed by atoms with E-state index in [4.69, 9.17) is 4.74 Å². The molecule has 4 heteroatoms. The molecule has 0 rings (SSSR count). The maximum atomic E-state index is 12.2. The summed E-state index contributed by atoms with van der Waals surface area (Å²) < 4.78 is 5.44. The highest BCUT2D eigenvalue weighted by molar-refractivity contribution is 5.68. The van der Waals surface area contributed by atoms with Gasteiger partial charge in [0.15, 0.2) is 0 Å². The summed E-state index contributed by atoms with van der Waals surface area (Å²) >= 11 is 0. The summed E-state index contributed by atoms with van der Waals surface area (Å²) in [5, 5.41) is 9.86. The van der Waals surface area contributed by atoms with Gasteiger partial charge in [0.2, 0.25) is 0 Å². The minimum atomic E-state index is -0.502. The van der Waals surface area contributed by atoms with Crippen LogP contribution in [0.2, 0.25) is 0 Å².